The van der Waals surface area contributed by atoms with Crippen LogP contribution in [0.4, 0.5) is 10.1 Å². The van der Waals surface area contributed by atoms with Gasteiger partial charge in [0.1, 0.15) is 5.82 Å². The van der Waals surface area contributed by atoms with Crippen LogP contribution in [-0.4, -0.2) is 19.3 Å². The SMILES string of the molecule is Nc1cccc(F)c1COCC1CCCO1. The van der Waals surface area contributed by atoms with E-state index in [0.29, 0.717) is 17.9 Å². The third-order valence-electron chi connectivity index (χ3n) is 2.73. The summed E-state index contributed by atoms with van der Waals surface area (Å²) in [6, 6.07) is 4.66. The molecule has 1 atom stereocenters. The Morgan fingerprint density at radius 1 is 1.50 bits per heavy atom. The monoisotopic (exact) mass is 225 g/mol. The molecule has 3 nitrogen and oxygen atoms in total. The normalized spacial score (nSPS) is 20.2. The number of ether oxygens (including phenoxy) is 2. The van der Waals surface area contributed by atoms with Gasteiger partial charge in [-0.05, 0) is 25.0 Å². The molecular weight excluding hydrogens is 209 g/mol. The van der Waals surface area contributed by atoms with Crippen LogP contribution in [0.25, 0.3) is 0 Å². The highest BCUT2D eigenvalue weighted by Gasteiger charge is 2.16. The van der Waals surface area contributed by atoms with Gasteiger partial charge in [-0.25, -0.2) is 4.39 Å². The number of hydrogen-bond donors (Lipinski definition) is 1. The lowest BCUT2D eigenvalue weighted by Gasteiger charge is -2.11. The third-order valence-corrected chi connectivity index (χ3v) is 2.73. The van der Waals surface area contributed by atoms with Crippen LogP contribution in [0.3, 0.4) is 0 Å². The van der Waals surface area contributed by atoms with Gasteiger partial charge in [-0.2, -0.15) is 0 Å². The maximum absolute atomic E-state index is 13.4. The van der Waals surface area contributed by atoms with E-state index < -0.39 is 0 Å². The van der Waals surface area contributed by atoms with Crippen molar-refractivity contribution in [2.75, 3.05) is 18.9 Å². The van der Waals surface area contributed by atoms with Crippen LogP contribution in [0, 0.1) is 5.82 Å². The number of benzene rings is 1. The predicted molar refractivity (Wildman–Crippen MR) is 59.4 cm³/mol. The molecule has 1 unspecified atom stereocenters. The van der Waals surface area contributed by atoms with E-state index in [1.54, 1.807) is 12.1 Å². The zero-order valence-electron chi connectivity index (χ0n) is 9.12. The van der Waals surface area contributed by atoms with Gasteiger partial charge < -0.3 is 15.2 Å². The predicted octanol–water partition coefficient (Wildman–Crippen LogP) is 2.10. The summed E-state index contributed by atoms with van der Waals surface area (Å²) in [6.45, 7) is 1.52. The van der Waals surface area contributed by atoms with Crippen molar-refractivity contribution in [2.45, 2.75) is 25.6 Å². The van der Waals surface area contributed by atoms with Crippen LogP contribution in [0.1, 0.15) is 18.4 Å². The first-order valence-corrected chi connectivity index (χ1v) is 5.49. The Morgan fingerprint density at radius 3 is 3.06 bits per heavy atom. The number of nitrogen functional groups attached to an aromatic ring is 1. The minimum atomic E-state index is -0.313. The fourth-order valence-corrected chi connectivity index (χ4v) is 1.80. The average molecular weight is 225 g/mol. The Kier molecular flexibility index (Phi) is 3.74. The molecule has 1 fully saturated rings. The highest BCUT2D eigenvalue weighted by molar-refractivity contribution is 5.46. The van der Waals surface area contributed by atoms with Crippen LogP contribution in [-0.2, 0) is 16.1 Å². The fraction of sp³-hybridized carbons (Fsp3) is 0.500. The minimum absolute atomic E-state index is 0.160. The smallest absolute Gasteiger partial charge is 0.130 e. The highest BCUT2D eigenvalue weighted by Crippen LogP contribution is 2.18. The van der Waals surface area contributed by atoms with Crippen molar-refractivity contribution in [3.63, 3.8) is 0 Å². The van der Waals surface area contributed by atoms with Crippen molar-refractivity contribution in [1.82, 2.24) is 0 Å². The summed E-state index contributed by atoms with van der Waals surface area (Å²) < 4.78 is 24.2. The van der Waals surface area contributed by atoms with Gasteiger partial charge in [-0.1, -0.05) is 6.07 Å². The minimum Gasteiger partial charge on any atom is -0.398 e. The van der Waals surface area contributed by atoms with Gasteiger partial charge in [-0.15, -0.1) is 0 Å². The van der Waals surface area contributed by atoms with Gasteiger partial charge in [0.2, 0.25) is 0 Å². The second-order valence-electron chi connectivity index (χ2n) is 3.96. The first kappa shape index (κ1) is 11.4. The van der Waals surface area contributed by atoms with E-state index in [1.165, 1.54) is 6.07 Å². The molecule has 0 saturated carbocycles. The molecule has 2 N–H and O–H groups in total. The summed E-state index contributed by atoms with van der Waals surface area (Å²) in [6.07, 6.45) is 2.26. The summed E-state index contributed by atoms with van der Waals surface area (Å²) in [4.78, 5) is 0. The zero-order valence-corrected chi connectivity index (χ0v) is 9.12. The maximum atomic E-state index is 13.4. The van der Waals surface area contributed by atoms with Crippen molar-refractivity contribution < 1.29 is 13.9 Å². The molecule has 1 aromatic carbocycles. The standard InChI is InChI=1S/C12H16FNO2/c13-11-4-1-5-12(14)10(11)8-15-7-9-3-2-6-16-9/h1,4-5,9H,2-3,6-8,14H2. The molecule has 0 spiro atoms. The number of rotatable bonds is 4. The first-order chi connectivity index (χ1) is 7.77. The van der Waals surface area contributed by atoms with Gasteiger partial charge in [0.15, 0.2) is 0 Å². The van der Waals surface area contributed by atoms with E-state index in [-0.39, 0.29) is 18.5 Å². The van der Waals surface area contributed by atoms with Crippen LogP contribution in [0.15, 0.2) is 18.2 Å². The van der Waals surface area contributed by atoms with Crippen molar-refractivity contribution in [3.8, 4) is 0 Å². The van der Waals surface area contributed by atoms with Gasteiger partial charge in [-0.3, -0.25) is 0 Å². The molecule has 0 aliphatic carbocycles. The van der Waals surface area contributed by atoms with Crippen LogP contribution in [0.2, 0.25) is 0 Å². The molecule has 0 aromatic heterocycles. The Hall–Kier alpha value is -1.13. The molecule has 4 heteroatoms. The van der Waals surface area contributed by atoms with Crippen LogP contribution >= 0.6 is 0 Å². The number of nitrogens with two attached hydrogens (primary N) is 1. The summed E-state index contributed by atoms with van der Waals surface area (Å²) in [7, 11) is 0. The zero-order chi connectivity index (χ0) is 11.4. The summed E-state index contributed by atoms with van der Waals surface area (Å²) in [5, 5.41) is 0. The Bertz CT molecular complexity index is 331. The van der Waals surface area contributed by atoms with E-state index in [1.807, 2.05) is 0 Å². The number of halogens is 1. The molecule has 0 bridgehead atoms. The summed E-state index contributed by atoms with van der Waals surface area (Å²) in [5.74, 6) is -0.313. The molecule has 0 amide bonds. The molecule has 2 rings (SSSR count). The van der Waals surface area contributed by atoms with Gasteiger partial charge in [0, 0.05) is 17.9 Å². The van der Waals surface area contributed by atoms with Crippen molar-refractivity contribution in [2.24, 2.45) is 0 Å². The average Bonchev–Trinajstić information content (AvgIpc) is 2.75. The largest absolute Gasteiger partial charge is 0.398 e. The van der Waals surface area contributed by atoms with Crippen LogP contribution < -0.4 is 5.73 Å². The Balaban J connectivity index is 1.84. The van der Waals surface area contributed by atoms with E-state index in [9.17, 15) is 4.39 Å². The molecule has 88 valence electrons. The van der Waals surface area contributed by atoms with Gasteiger partial charge in [0.05, 0.1) is 19.3 Å². The van der Waals surface area contributed by atoms with Gasteiger partial charge >= 0.3 is 0 Å². The van der Waals surface area contributed by atoms with E-state index in [2.05, 4.69) is 0 Å². The molecule has 1 saturated heterocycles. The number of hydrogen-bond acceptors (Lipinski definition) is 3. The molecule has 16 heavy (non-hydrogen) atoms. The lowest BCUT2D eigenvalue weighted by atomic mass is 10.2. The maximum Gasteiger partial charge on any atom is 0.130 e. The van der Waals surface area contributed by atoms with E-state index >= 15 is 0 Å². The Morgan fingerprint density at radius 2 is 2.38 bits per heavy atom. The van der Waals surface area contributed by atoms with E-state index in [0.717, 1.165) is 19.4 Å². The second kappa shape index (κ2) is 5.27. The molecular formula is C12H16FNO2. The molecule has 1 aromatic rings. The summed E-state index contributed by atoms with van der Waals surface area (Å²) >= 11 is 0. The molecule has 1 heterocycles. The van der Waals surface area contributed by atoms with Gasteiger partial charge in [0.25, 0.3) is 0 Å². The second-order valence-corrected chi connectivity index (χ2v) is 3.96. The lowest BCUT2D eigenvalue weighted by molar-refractivity contribution is 0.00999. The van der Waals surface area contributed by atoms with E-state index in [4.69, 9.17) is 15.2 Å². The topological polar surface area (TPSA) is 44.5 Å². The number of anilines is 1. The molecule has 0 radical (unpaired) electrons. The summed E-state index contributed by atoms with van der Waals surface area (Å²) in [5.41, 5.74) is 6.53. The molecule has 1 aliphatic heterocycles. The van der Waals surface area contributed by atoms with Crippen molar-refractivity contribution in [3.05, 3.63) is 29.6 Å². The molecule has 1 aliphatic rings. The highest BCUT2D eigenvalue weighted by atomic mass is 19.1. The third kappa shape index (κ3) is 2.71. The first-order valence-electron chi connectivity index (χ1n) is 5.49. The fourth-order valence-electron chi connectivity index (χ4n) is 1.80. The van der Waals surface area contributed by atoms with Crippen LogP contribution in [0.5, 0.6) is 0 Å². The quantitative estimate of drug-likeness (QED) is 0.798. The lowest BCUT2D eigenvalue weighted by Crippen LogP contribution is -2.14. The van der Waals surface area contributed by atoms with Crippen molar-refractivity contribution in [1.29, 1.82) is 0 Å². The van der Waals surface area contributed by atoms with Crippen molar-refractivity contribution >= 4 is 5.69 Å². The Labute approximate surface area is 94.3 Å².